The van der Waals surface area contributed by atoms with Gasteiger partial charge in [0.05, 0.1) is 5.69 Å². The van der Waals surface area contributed by atoms with Crippen LogP contribution >= 0.6 is 0 Å². The van der Waals surface area contributed by atoms with Crippen molar-refractivity contribution >= 4 is 32.0 Å². The van der Waals surface area contributed by atoms with E-state index in [0.29, 0.717) is 5.56 Å². The zero-order valence-electron chi connectivity index (χ0n) is 11.3. The van der Waals surface area contributed by atoms with Crippen molar-refractivity contribution in [2.75, 3.05) is 5.73 Å². The zero-order chi connectivity index (χ0) is 16.6. The van der Waals surface area contributed by atoms with Crippen molar-refractivity contribution in [3.05, 3.63) is 60.2 Å². The zero-order valence-corrected chi connectivity index (χ0v) is 13.0. The molecular weight excluding hydrogens is 328 g/mol. The van der Waals surface area contributed by atoms with Crippen LogP contribution in [0.25, 0.3) is 0 Å². The number of para-hydroxylation sites is 1. The predicted octanol–water partition coefficient (Wildman–Crippen LogP) is 2.04. The molecule has 3 N–H and O–H groups in total. The van der Waals surface area contributed by atoms with Crippen LogP contribution < -0.4 is 5.73 Å². The molecule has 2 aromatic rings. The number of anilines is 1. The quantitative estimate of drug-likeness (QED) is 0.649. The highest BCUT2D eigenvalue weighted by atomic mass is 32.2. The SMILES string of the molecule is Nc1ccccc1.O=S(=O)=Nc1ccc(CS(=O)(=O)O)cc1. The molecule has 7 nitrogen and oxygen atoms in total. The molecule has 0 aromatic heterocycles. The number of nitrogen functional groups attached to an aromatic ring is 1. The summed E-state index contributed by atoms with van der Waals surface area (Å²) in [6, 6.07) is 14.9. The molecule has 0 bridgehead atoms. The molecule has 2 rings (SSSR count). The fraction of sp³-hybridized carbons (Fsp3) is 0.0769. The first-order chi connectivity index (χ1) is 10.3. The molecule has 9 heteroatoms. The minimum Gasteiger partial charge on any atom is -0.399 e. The summed E-state index contributed by atoms with van der Waals surface area (Å²) >= 11 is 0. The van der Waals surface area contributed by atoms with Crippen LogP contribution in [0.1, 0.15) is 5.56 Å². The van der Waals surface area contributed by atoms with Crippen molar-refractivity contribution in [3.63, 3.8) is 0 Å². The summed E-state index contributed by atoms with van der Waals surface area (Å²) in [6.45, 7) is 0. The molecule has 0 saturated carbocycles. The van der Waals surface area contributed by atoms with Gasteiger partial charge in [-0.3, -0.25) is 4.55 Å². The van der Waals surface area contributed by atoms with Crippen molar-refractivity contribution in [1.82, 2.24) is 0 Å². The molecule has 0 aliphatic rings. The van der Waals surface area contributed by atoms with E-state index in [1.165, 1.54) is 24.3 Å². The standard InChI is InChI=1S/C7H7NO5S2.C6H7N/c9-14(10)8-7-3-1-6(2-4-7)5-15(11,12)13;7-6-4-2-1-3-5-6/h1-4H,5H2,(H,11,12,13);1-5H,7H2. The van der Waals surface area contributed by atoms with Crippen LogP contribution in [0.2, 0.25) is 0 Å². The van der Waals surface area contributed by atoms with Gasteiger partial charge in [0.25, 0.3) is 10.1 Å². The lowest BCUT2D eigenvalue weighted by Gasteiger charge is -1.97. The molecule has 0 heterocycles. The highest BCUT2D eigenvalue weighted by molar-refractivity contribution is 7.85. The molecule has 0 atom stereocenters. The average Bonchev–Trinajstić information content (AvgIpc) is 2.40. The van der Waals surface area contributed by atoms with E-state index in [9.17, 15) is 16.8 Å². The Labute approximate surface area is 129 Å². The third-order valence-corrected chi connectivity index (χ3v) is 3.32. The number of rotatable bonds is 3. The van der Waals surface area contributed by atoms with E-state index in [4.69, 9.17) is 10.3 Å². The van der Waals surface area contributed by atoms with Crippen LogP contribution in [-0.2, 0) is 26.4 Å². The maximum absolute atomic E-state index is 10.5. The maximum atomic E-state index is 10.5. The van der Waals surface area contributed by atoms with Gasteiger partial charge in [0.15, 0.2) is 0 Å². The molecule has 0 saturated heterocycles. The summed E-state index contributed by atoms with van der Waals surface area (Å²) in [5.74, 6) is -0.506. The van der Waals surface area contributed by atoms with Gasteiger partial charge in [-0.15, -0.1) is 4.36 Å². The molecule has 22 heavy (non-hydrogen) atoms. The van der Waals surface area contributed by atoms with Crippen molar-refractivity contribution in [2.45, 2.75) is 5.75 Å². The third-order valence-electron chi connectivity index (χ3n) is 2.26. The van der Waals surface area contributed by atoms with E-state index in [-0.39, 0.29) is 5.69 Å². The monoisotopic (exact) mass is 342 g/mol. The van der Waals surface area contributed by atoms with E-state index < -0.39 is 26.4 Å². The Morgan fingerprint density at radius 2 is 1.55 bits per heavy atom. The van der Waals surface area contributed by atoms with Gasteiger partial charge in [-0.1, -0.05) is 30.3 Å². The summed E-state index contributed by atoms with van der Waals surface area (Å²) in [6.07, 6.45) is 0. The number of nitrogens with zero attached hydrogens (tertiary/aromatic N) is 1. The van der Waals surface area contributed by atoms with Crippen LogP contribution in [0.4, 0.5) is 11.4 Å². The van der Waals surface area contributed by atoms with Crippen LogP contribution in [0.3, 0.4) is 0 Å². The van der Waals surface area contributed by atoms with Gasteiger partial charge < -0.3 is 5.73 Å². The molecule has 0 amide bonds. The number of hydrogen-bond acceptors (Lipinski definition) is 6. The van der Waals surface area contributed by atoms with Gasteiger partial charge >= 0.3 is 10.5 Å². The second kappa shape index (κ2) is 8.27. The maximum Gasteiger partial charge on any atom is 0.316 e. The van der Waals surface area contributed by atoms with Gasteiger partial charge in [-0.05, 0) is 29.8 Å². The van der Waals surface area contributed by atoms with Crippen LogP contribution in [0.5, 0.6) is 0 Å². The molecule has 0 unspecified atom stereocenters. The molecule has 2 aromatic carbocycles. The smallest absolute Gasteiger partial charge is 0.316 e. The summed E-state index contributed by atoms with van der Waals surface area (Å²) in [5, 5.41) is 0. The lowest BCUT2D eigenvalue weighted by Crippen LogP contribution is -2.00. The normalized spacial score (nSPS) is 10.2. The Morgan fingerprint density at radius 3 is 1.91 bits per heavy atom. The Balaban J connectivity index is 0.000000287. The predicted molar refractivity (Wildman–Crippen MR) is 83.6 cm³/mol. The second-order valence-corrected chi connectivity index (χ2v) is 6.18. The highest BCUT2D eigenvalue weighted by Gasteiger charge is 2.05. The van der Waals surface area contributed by atoms with Crippen molar-refractivity contribution in [3.8, 4) is 0 Å². The van der Waals surface area contributed by atoms with E-state index in [0.717, 1.165) is 5.69 Å². The molecular formula is C13H14N2O5S2. The number of nitrogens with two attached hydrogens (primary N) is 1. The molecule has 0 fully saturated rings. The molecule has 0 aliphatic carbocycles. The number of hydrogen-bond donors (Lipinski definition) is 2. The third kappa shape index (κ3) is 8.15. The first kappa shape index (κ1) is 17.8. The van der Waals surface area contributed by atoms with Crippen LogP contribution in [-0.4, -0.2) is 21.4 Å². The van der Waals surface area contributed by atoms with E-state index in [1.54, 1.807) is 0 Å². The summed E-state index contributed by atoms with van der Waals surface area (Å²) < 4.78 is 53.1. The summed E-state index contributed by atoms with van der Waals surface area (Å²) in [7, 11) is -6.60. The molecule has 0 aliphatic heterocycles. The lowest BCUT2D eigenvalue weighted by molar-refractivity contribution is 0.482. The van der Waals surface area contributed by atoms with Crippen LogP contribution in [0.15, 0.2) is 59.0 Å². The first-order valence-electron chi connectivity index (χ1n) is 5.92. The second-order valence-electron chi connectivity index (χ2n) is 4.11. The Hall–Kier alpha value is -2.23. The Morgan fingerprint density at radius 1 is 1.00 bits per heavy atom. The van der Waals surface area contributed by atoms with Crippen molar-refractivity contribution < 1.29 is 21.4 Å². The summed E-state index contributed by atoms with van der Waals surface area (Å²) in [5.41, 5.74) is 6.73. The Kier molecular flexibility index (Phi) is 6.70. The van der Waals surface area contributed by atoms with Crippen LogP contribution in [0, 0.1) is 0 Å². The summed E-state index contributed by atoms with van der Waals surface area (Å²) in [4.78, 5) is 0. The fourth-order valence-corrected chi connectivity index (χ4v) is 2.31. The number of benzene rings is 2. The van der Waals surface area contributed by atoms with E-state index in [2.05, 4.69) is 4.36 Å². The largest absolute Gasteiger partial charge is 0.399 e. The molecule has 0 radical (unpaired) electrons. The van der Waals surface area contributed by atoms with Crippen molar-refractivity contribution in [2.24, 2.45) is 4.36 Å². The minimum absolute atomic E-state index is 0.197. The van der Waals surface area contributed by atoms with E-state index >= 15 is 0 Å². The average molecular weight is 342 g/mol. The minimum atomic E-state index is -4.07. The van der Waals surface area contributed by atoms with Gasteiger partial charge in [0, 0.05) is 5.69 Å². The highest BCUT2D eigenvalue weighted by Crippen LogP contribution is 2.14. The lowest BCUT2D eigenvalue weighted by atomic mass is 10.2. The van der Waals surface area contributed by atoms with Gasteiger partial charge in [-0.2, -0.15) is 16.8 Å². The fourth-order valence-electron chi connectivity index (χ4n) is 1.40. The topological polar surface area (TPSA) is 127 Å². The van der Waals surface area contributed by atoms with E-state index in [1.807, 2.05) is 30.3 Å². The van der Waals surface area contributed by atoms with Crippen molar-refractivity contribution in [1.29, 1.82) is 0 Å². The Bertz CT molecular complexity index is 822. The molecule has 118 valence electrons. The first-order valence-corrected chi connectivity index (χ1v) is 8.56. The molecule has 0 spiro atoms. The van der Waals surface area contributed by atoms with Gasteiger partial charge in [0.1, 0.15) is 5.75 Å². The van der Waals surface area contributed by atoms with Gasteiger partial charge in [-0.25, -0.2) is 0 Å². The van der Waals surface area contributed by atoms with Gasteiger partial charge in [0.2, 0.25) is 0 Å².